The number of hydrogen-bond donors (Lipinski definition) is 4. The molecule has 0 aromatic heterocycles. The van der Waals surface area contributed by atoms with Gasteiger partial charge in [-0.1, -0.05) is 50.2 Å². The van der Waals surface area contributed by atoms with E-state index in [0.29, 0.717) is 32.0 Å². The maximum absolute atomic E-state index is 12.9. The van der Waals surface area contributed by atoms with Gasteiger partial charge in [0, 0.05) is 13.1 Å². The molecular formula is C25H35N5O3. The Morgan fingerprint density at radius 2 is 1.55 bits per heavy atom. The number of benzene rings is 2. The molecule has 1 amide bonds. The molecule has 2 aromatic carbocycles. The first-order valence-corrected chi connectivity index (χ1v) is 11.2. The van der Waals surface area contributed by atoms with Gasteiger partial charge in [-0.25, -0.2) is 4.99 Å². The Hall–Kier alpha value is -2.94. The van der Waals surface area contributed by atoms with E-state index < -0.39 is 11.9 Å². The van der Waals surface area contributed by atoms with E-state index in [2.05, 4.69) is 29.5 Å². The number of carbonyl (C=O) groups is 1. The van der Waals surface area contributed by atoms with E-state index in [9.17, 15) is 9.90 Å². The van der Waals surface area contributed by atoms with Crippen molar-refractivity contribution in [3.63, 3.8) is 0 Å². The van der Waals surface area contributed by atoms with Crippen LogP contribution >= 0.6 is 0 Å². The van der Waals surface area contributed by atoms with Crippen LogP contribution in [-0.2, 0) is 24.4 Å². The smallest absolute Gasteiger partial charge is 0.257 e. The van der Waals surface area contributed by atoms with Crippen molar-refractivity contribution in [2.75, 3.05) is 7.11 Å². The van der Waals surface area contributed by atoms with Gasteiger partial charge in [-0.05, 0) is 48.1 Å². The molecule has 0 saturated heterocycles. The van der Waals surface area contributed by atoms with E-state index in [0.717, 1.165) is 22.4 Å². The van der Waals surface area contributed by atoms with Crippen LogP contribution in [0.25, 0.3) is 0 Å². The highest BCUT2D eigenvalue weighted by molar-refractivity contribution is 6.06. The van der Waals surface area contributed by atoms with Gasteiger partial charge in [0.2, 0.25) is 0 Å². The topological polar surface area (TPSA) is 112 Å². The molecule has 1 aliphatic rings. The number of hydrogen-bond acceptors (Lipinski definition) is 7. The molecule has 0 bridgehead atoms. The molecule has 0 saturated carbocycles. The number of nitrogens with two attached hydrogens (primary N) is 1. The van der Waals surface area contributed by atoms with E-state index >= 15 is 0 Å². The molecule has 0 aliphatic carbocycles. The summed E-state index contributed by atoms with van der Waals surface area (Å²) in [6.45, 7) is 7.42. The van der Waals surface area contributed by atoms with Gasteiger partial charge in [0.15, 0.2) is 12.3 Å². The number of aliphatic hydroxyl groups is 1. The standard InChI is InChI=1S/C25H35N5O3/c1-17(2)13-25(3)22(31)30(23(26)29-25)16-20-7-5-18(6-8-20)14-27-24(32)28-15-19-9-11-21(33-4)12-10-19/h5-12,17,24,27-28,32H,13-16H2,1-4H3,(H2,26,29). The fourth-order valence-electron chi connectivity index (χ4n) is 4.03. The maximum Gasteiger partial charge on any atom is 0.257 e. The van der Waals surface area contributed by atoms with Crippen LogP contribution in [0.2, 0.25) is 0 Å². The molecular weight excluding hydrogens is 418 g/mol. The van der Waals surface area contributed by atoms with Crippen molar-refractivity contribution in [2.45, 2.75) is 58.7 Å². The molecule has 0 radical (unpaired) electrons. The number of nitrogens with one attached hydrogen (secondary N) is 2. The highest BCUT2D eigenvalue weighted by Crippen LogP contribution is 2.29. The van der Waals surface area contributed by atoms with Crippen LogP contribution in [0.1, 0.15) is 43.9 Å². The second-order valence-corrected chi connectivity index (χ2v) is 9.06. The molecule has 178 valence electrons. The van der Waals surface area contributed by atoms with E-state index in [1.165, 1.54) is 0 Å². The first-order chi connectivity index (χ1) is 15.7. The maximum atomic E-state index is 12.9. The normalized spacial score (nSPS) is 19.2. The third-order valence-corrected chi connectivity index (χ3v) is 5.67. The van der Waals surface area contributed by atoms with Gasteiger partial charge in [-0.15, -0.1) is 0 Å². The van der Waals surface area contributed by atoms with Crippen molar-refractivity contribution >= 4 is 11.9 Å². The quantitative estimate of drug-likeness (QED) is 0.389. The Balaban J connectivity index is 1.47. The van der Waals surface area contributed by atoms with Crippen LogP contribution in [0, 0.1) is 5.92 Å². The summed E-state index contributed by atoms with van der Waals surface area (Å²) in [7, 11) is 1.63. The zero-order valence-electron chi connectivity index (χ0n) is 19.8. The molecule has 2 unspecified atom stereocenters. The van der Waals surface area contributed by atoms with E-state index in [4.69, 9.17) is 10.5 Å². The van der Waals surface area contributed by atoms with Crippen LogP contribution < -0.4 is 21.1 Å². The molecule has 33 heavy (non-hydrogen) atoms. The van der Waals surface area contributed by atoms with Gasteiger partial charge in [0.25, 0.3) is 5.91 Å². The summed E-state index contributed by atoms with van der Waals surface area (Å²) in [5.41, 5.74) is 8.32. The van der Waals surface area contributed by atoms with Crippen molar-refractivity contribution in [1.29, 1.82) is 0 Å². The second-order valence-electron chi connectivity index (χ2n) is 9.06. The van der Waals surface area contributed by atoms with Crippen LogP contribution in [0.3, 0.4) is 0 Å². The fraction of sp³-hybridized carbons (Fsp3) is 0.440. The highest BCUT2D eigenvalue weighted by Gasteiger charge is 2.43. The van der Waals surface area contributed by atoms with E-state index in [1.807, 2.05) is 55.5 Å². The summed E-state index contributed by atoms with van der Waals surface area (Å²) in [6, 6.07) is 15.5. The lowest BCUT2D eigenvalue weighted by Crippen LogP contribution is -2.43. The molecule has 5 N–H and O–H groups in total. The van der Waals surface area contributed by atoms with Crippen molar-refractivity contribution in [1.82, 2.24) is 15.5 Å². The molecule has 2 aromatic rings. The first-order valence-electron chi connectivity index (χ1n) is 11.2. The van der Waals surface area contributed by atoms with Gasteiger partial charge >= 0.3 is 0 Å². The molecule has 3 rings (SSSR count). The number of nitrogens with zero attached hydrogens (tertiary/aromatic N) is 2. The van der Waals surface area contributed by atoms with Crippen molar-refractivity contribution in [3.8, 4) is 5.75 Å². The fourth-order valence-corrected chi connectivity index (χ4v) is 4.03. The summed E-state index contributed by atoms with van der Waals surface area (Å²) in [6.07, 6.45) is -0.175. The van der Waals surface area contributed by atoms with Gasteiger partial charge in [-0.3, -0.25) is 20.3 Å². The third-order valence-electron chi connectivity index (χ3n) is 5.67. The van der Waals surface area contributed by atoms with Crippen molar-refractivity contribution in [2.24, 2.45) is 16.6 Å². The Morgan fingerprint density at radius 3 is 2.06 bits per heavy atom. The summed E-state index contributed by atoms with van der Waals surface area (Å²) in [5.74, 6) is 1.38. The minimum Gasteiger partial charge on any atom is -0.497 e. The predicted molar refractivity (Wildman–Crippen MR) is 129 cm³/mol. The Morgan fingerprint density at radius 1 is 1.03 bits per heavy atom. The number of carbonyl (C=O) groups excluding carboxylic acids is 1. The molecule has 1 aliphatic heterocycles. The lowest BCUT2D eigenvalue weighted by Gasteiger charge is -2.23. The number of aliphatic imine (C=N–C) groups is 1. The summed E-state index contributed by atoms with van der Waals surface area (Å²) in [5, 5.41) is 16.2. The van der Waals surface area contributed by atoms with Gasteiger partial charge in [0.05, 0.1) is 13.7 Å². The molecule has 2 atom stereocenters. The first kappa shape index (κ1) is 24.7. The lowest BCUT2D eigenvalue weighted by atomic mass is 9.91. The Labute approximate surface area is 195 Å². The SMILES string of the molecule is COc1ccc(CNC(O)NCc2ccc(CN3C(=O)C(C)(CC(C)C)N=C3N)cc2)cc1. The molecule has 1 heterocycles. The summed E-state index contributed by atoms with van der Waals surface area (Å²) < 4.78 is 5.15. The predicted octanol–water partition coefficient (Wildman–Crippen LogP) is 2.31. The van der Waals surface area contributed by atoms with Gasteiger partial charge < -0.3 is 15.6 Å². The zero-order chi connectivity index (χ0) is 24.0. The minimum atomic E-state index is -0.844. The molecule has 8 nitrogen and oxygen atoms in total. The van der Waals surface area contributed by atoms with E-state index in [-0.39, 0.29) is 11.9 Å². The third kappa shape index (κ3) is 6.54. The number of ether oxygens (including phenoxy) is 1. The second kappa shape index (κ2) is 10.8. The van der Waals surface area contributed by atoms with Crippen molar-refractivity contribution < 1.29 is 14.6 Å². The van der Waals surface area contributed by atoms with Crippen LogP contribution in [0.15, 0.2) is 53.5 Å². The van der Waals surface area contributed by atoms with Crippen LogP contribution in [-0.4, -0.2) is 40.9 Å². The zero-order valence-corrected chi connectivity index (χ0v) is 19.8. The van der Waals surface area contributed by atoms with Crippen LogP contribution in [0.5, 0.6) is 5.75 Å². The number of rotatable bonds is 11. The average molecular weight is 454 g/mol. The Bertz CT molecular complexity index is 959. The van der Waals surface area contributed by atoms with Gasteiger partial charge in [0.1, 0.15) is 11.3 Å². The lowest BCUT2D eigenvalue weighted by molar-refractivity contribution is -0.131. The highest BCUT2D eigenvalue weighted by atomic mass is 16.5. The molecule has 8 heteroatoms. The molecule has 0 spiro atoms. The number of aliphatic hydroxyl groups excluding tert-OH is 1. The molecule has 0 fully saturated rings. The summed E-state index contributed by atoms with van der Waals surface area (Å²) in [4.78, 5) is 18.9. The number of amides is 1. The largest absolute Gasteiger partial charge is 0.497 e. The van der Waals surface area contributed by atoms with Gasteiger partial charge in [-0.2, -0.15) is 0 Å². The summed E-state index contributed by atoms with van der Waals surface area (Å²) >= 11 is 0. The Kier molecular flexibility index (Phi) is 8.07. The minimum absolute atomic E-state index is 0.0505. The van der Waals surface area contributed by atoms with Crippen molar-refractivity contribution in [3.05, 3.63) is 65.2 Å². The number of methoxy groups -OCH3 is 1. The van der Waals surface area contributed by atoms with Crippen LogP contribution in [0.4, 0.5) is 0 Å². The van der Waals surface area contributed by atoms with E-state index in [1.54, 1.807) is 12.0 Å². The monoisotopic (exact) mass is 453 g/mol. The number of guanidine groups is 1. The average Bonchev–Trinajstić information content (AvgIpc) is 2.99.